The van der Waals surface area contributed by atoms with Gasteiger partial charge < -0.3 is 5.11 Å². The maximum Gasteiger partial charge on any atom is 0.433 e. The first-order valence-corrected chi connectivity index (χ1v) is 5.98. The fraction of sp³-hybridized carbons (Fsp3) is 0.500. The molecule has 116 valence electrons. The van der Waals surface area contributed by atoms with Gasteiger partial charge in [-0.2, -0.15) is 13.2 Å². The lowest BCUT2D eigenvalue weighted by Crippen LogP contribution is -2.18. The highest BCUT2D eigenvalue weighted by atomic mass is 19.4. The highest BCUT2D eigenvalue weighted by molar-refractivity contribution is 5.77. The van der Waals surface area contributed by atoms with Crippen LogP contribution in [0.15, 0.2) is 12.3 Å². The van der Waals surface area contributed by atoms with E-state index in [1.54, 1.807) is 13.8 Å². The minimum absolute atomic E-state index is 0.0164. The number of hydrogen-bond donors (Lipinski definition) is 1. The molecule has 1 unspecified atom stereocenters. The third-order valence-electron chi connectivity index (χ3n) is 2.78. The van der Waals surface area contributed by atoms with Crippen molar-refractivity contribution in [3.63, 3.8) is 0 Å². The summed E-state index contributed by atoms with van der Waals surface area (Å²) in [7, 11) is 0. The van der Waals surface area contributed by atoms with Gasteiger partial charge in [0.25, 0.3) is 5.69 Å². The maximum absolute atomic E-state index is 12.6. The lowest BCUT2D eigenvalue weighted by atomic mass is 9.89. The largest absolute Gasteiger partial charge is 0.481 e. The van der Waals surface area contributed by atoms with Gasteiger partial charge in [-0.15, -0.1) is 0 Å². The normalized spacial score (nSPS) is 13.2. The molecule has 1 atom stereocenters. The zero-order valence-corrected chi connectivity index (χ0v) is 11.2. The highest BCUT2D eigenvalue weighted by Crippen LogP contribution is 2.35. The summed E-state index contributed by atoms with van der Waals surface area (Å²) in [4.78, 5) is 24.2. The van der Waals surface area contributed by atoms with Crippen LogP contribution < -0.4 is 0 Å². The van der Waals surface area contributed by atoms with Gasteiger partial charge in [-0.25, -0.2) is 4.98 Å². The van der Waals surface area contributed by atoms with Gasteiger partial charge in [0.1, 0.15) is 11.9 Å². The quantitative estimate of drug-likeness (QED) is 0.666. The molecule has 9 heteroatoms. The number of carbonyl (C=O) groups is 1. The van der Waals surface area contributed by atoms with Gasteiger partial charge in [-0.1, -0.05) is 13.8 Å². The Hall–Kier alpha value is -2.19. The molecule has 0 radical (unpaired) electrons. The van der Waals surface area contributed by atoms with Crippen molar-refractivity contribution in [2.24, 2.45) is 5.92 Å². The van der Waals surface area contributed by atoms with Crippen molar-refractivity contribution in [3.05, 3.63) is 33.6 Å². The summed E-state index contributed by atoms with van der Waals surface area (Å²) < 4.78 is 37.9. The molecule has 0 spiro atoms. The van der Waals surface area contributed by atoms with E-state index in [0.29, 0.717) is 12.3 Å². The van der Waals surface area contributed by atoms with E-state index in [-0.39, 0.29) is 12.3 Å². The fourth-order valence-electron chi connectivity index (χ4n) is 1.88. The van der Waals surface area contributed by atoms with Gasteiger partial charge in [-0.3, -0.25) is 14.9 Å². The van der Waals surface area contributed by atoms with E-state index in [4.69, 9.17) is 5.11 Å². The Morgan fingerprint density at radius 2 is 2.05 bits per heavy atom. The number of pyridine rings is 1. The molecule has 0 saturated carbocycles. The van der Waals surface area contributed by atoms with Gasteiger partial charge in [0.2, 0.25) is 0 Å². The molecule has 1 aromatic rings. The number of halogens is 3. The molecule has 0 aromatic carbocycles. The van der Waals surface area contributed by atoms with Crippen LogP contribution in [-0.4, -0.2) is 21.0 Å². The van der Waals surface area contributed by atoms with E-state index in [1.807, 2.05) is 0 Å². The molecule has 0 amide bonds. The number of aromatic nitrogens is 1. The van der Waals surface area contributed by atoms with Crippen LogP contribution in [0.25, 0.3) is 0 Å². The molecule has 1 heterocycles. The number of aliphatic carboxylic acids is 1. The van der Waals surface area contributed by atoms with Crippen molar-refractivity contribution in [3.8, 4) is 0 Å². The second kappa shape index (κ2) is 6.06. The first kappa shape index (κ1) is 16.9. The minimum Gasteiger partial charge on any atom is -0.481 e. The average Bonchev–Trinajstić information content (AvgIpc) is 2.33. The molecular formula is C12H13F3N2O4. The Labute approximate surface area is 117 Å². The Balaban J connectivity index is 3.46. The van der Waals surface area contributed by atoms with E-state index in [1.165, 1.54) is 0 Å². The summed E-state index contributed by atoms with van der Waals surface area (Å²) in [6.45, 7) is 3.35. The van der Waals surface area contributed by atoms with Crippen molar-refractivity contribution in [1.29, 1.82) is 0 Å². The molecule has 1 rings (SSSR count). The Kier molecular flexibility index (Phi) is 4.87. The van der Waals surface area contributed by atoms with E-state index in [9.17, 15) is 28.1 Å². The molecule has 0 aliphatic carbocycles. The summed E-state index contributed by atoms with van der Waals surface area (Å²) in [6.07, 6.45) is -4.36. The van der Waals surface area contributed by atoms with Crippen LogP contribution in [-0.2, 0) is 11.0 Å². The van der Waals surface area contributed by atoms with Gasteiger partial charge >= 0.3 is 12.1 Å². The second-order valence-electron chi connectivity index (χ2n) is 4.90. The van der Waals surface area contributed by atoms with Crippen molar-refractivity contribution < 1.29 is 28.0 Å². The SMILES string of the molecule is CC(C)CC(C(=O)O)c1cc(C(F)(F)F)ncc1[N+](=O)[O-]. The highest BCUT2D eigenvalue weighted by Gasteiger charge is 2.37. The van der Waals surface area contributed by atoms with Crippen molar-refractivity contribution in [2.75, 3.05) is 0 Å². The number of nitro groups is 1. The summed E-state index contributed by atoms with van der Waals surface area (Å²) in [5.74, 6) is -2.96. The van der Waals surface area contributed by atoms with Crippen molar-refractivity contribution >= 4 is 11.7 Å². The summed E-state index contributed by atoms with van der Waals surface area (Å²) in [5.41, 5.74) is -2.56. The molecule has 1 aromatic heterocycles. The molecule has 21 heavy (non-hydrogen) atoms. The number of alkyl halides is 3. The first-order valence-electron chi connectivity index (χ1n) is 5.98. The van der Waals surface area contributed by atoms with Crippen molar-refractivity contribution in [2.45, 2.75) is 32.4 Å². The molecule has 0 fully saturated rings. The third kappa shape index (κ3) is 4.14. The number of rotatable bonds is 5. The lowest BCUT2D eigenvalue weighted by Gasteiger charge is -2.16. The van der Waals surface area contributed by atoms with E-state index in [0.717, 1.165) is 0 Å². The minimum atomic E-state index is -4.80. The van der Waals surface area contributed by atoms with Crippen LogP contribution >= 0.6 is 0 Å². The van der Waals surface area contributed by atoms with Gasteiger partial charge in [0, 0.05) is 5.56 Å². The van der Waals surface area contributed by atoms with Gasteiger partial charge in [0.05, 0.1) is 10.8 Å². The number of hydrogen-bond acceptors (Lipinski definition) is 4. The Morgan fingerprint density at radius 1 is 1.48 bits per heavy atom. The molecule has 0 aliphatic heterocycles. The van der Waals surface area contributed by atoms with Gasteiger partial charge in [0.15, 0.2) is 0 Å². The predicted molar refractivity (Wildman–Crippen MR) is 65.7 cm³/mol. The molecule has 1 N–H and O–H groups in total. The van der Waals surface area contributed by atoms with Crippen LogP contribution in [0.2, 0.25) is 0 Å². The second-order valence-corrected chi connectivity index (χ2v) is 4.90. The topological polar surface area (TPSA) is 93.3 Å². The van der Waals surface area contributed by atoms with Gasteiger partial charge in [-0.05, 0) is 18.4 Å². The Bertz CT molecular complexity index is 558. The standard InChI is InChI=1S/C12H13F3N2O4/c1-6(2)3-8(11(18)19)7-4-10(12(13,14)15)16-5-9(7)17(20)21/h4-6,8H,3H2,1-2H3,(H,18,19). The van der Waals surface area contributed by atoms with Crippen LogP contribution in [0, 0.1) is 16.0 Å². The number of nitrogens with zero attached hydrogens (tertiary/aromatic N) is 2. The zero-order valence-electron chi connectivity index (χ0n) is 11.2. The Morgan fingerprint density at radius 3 is 2.43 bits per heavy atom. The first-order chi connectivity index (χ1) is 9.54. The monoisotopic (exact) mass is 306 g/mol. The maximum atomic E-state index is 12.6. The molecule has 6 nitrogen and oxygen atoms in total. The van der Waals surface area contributed by atoms with Crippen molar-refractivity contribution in [1.82, 2.24) is 4.98 Å². The summed E-state index contributed by atoms with van der Waals surface area (Å²) >= 11 is 0. The lowest BCUT2D eigenvalue weighted by molar-refractivity contribution is -0.386. The molecular weight excluding hydrogens is 293 g/mol. The van der Waals surface area contributed by atoms with E-state index >= 15 is 0 Å². The number of carboxylic acids is 1. The smallest absolute Gasteiger partial charge is 0.433 e. The van der Waals surface area contributed by atoms with E-state index in [2.05, 4.69) is 4.98 Å². The molecule has 0 bridgehead atoms. The fourth-order valence-corrected chi connectivity index (χ4v) is 1.88. The summed E-state index contributed by atoms with van der Waals surface area (Å²) in [5, 5.41) is 20.0. The van der Waals surface area contributed by atoms with Crippen LogP contribution in [0.4, 0.5) is 18.9 Å². The predicted octanol–water partition coefficient (Wildman–Crippen LogP) is 3.22. The summed E-state index contributed by atoms with van der Waals surface area (Å²) in [6, 6.07) is 0.444. The molecule has 0 saturated heterocycles. The third-order valence-corrected chi connectivity index (χ3v) is 2.78. The number of carboxylic acid groups (broad SMARTS) is 1. The van der Waals surface area contributed by atoms with Crippen LogP contribution in [0.5, 0.6) is 0 Å². The molecule has 0 aliphatic rings. The van der Waals surface area contributed by atoms with Crippen LogP contribution in [0.1, 0.15) is 37.4 Å². The van der Waals surface area contributed by atoms with Crippen LogP contribution in [0.3, 0.4) is 0 Å². The average molecular weight is 306 g/mol. The zero-order chi connectivity index (χ0) is 16.4. The van der Waals surface area contributed by atoms with E-state index < -0.39 is 39.9 Å².